The van der Waals surface area contributed by atoms with Crippen LogP contribution in [0.15, 0.2) is 0 Å². The number of carbonyl (C=O) groups excluding carboxylic acids is 1. The van der Waals surface area contributed by atoms with E-state index >= 15 is 0 Å². The van der Waals surface area contributed by atoms with Gasteiger partial charge in [0.2, 0.25) is 5.91 Å². The van der Waals surface area contributed by atoms with Gasteiger partial charge in [0.25, 0.3) is 0 Å². The molecule has 0 bridgehead atoms. The summed E-state index contributed by atoms with van der Waals surface area (Å²) in [5, 5.41) is 11.6. The second-order valence-electron chi connectivity index (χ2n) is 7.67. The number of rotatable bonds is 20. The summed E-state index contributed by atoms with van der Waals surface area (Å²) in [5.74, 6) is 0.724. The first-order chi connectivity index (χ1) is 13.1. The molecule has 0 aromatic rings. The van der Waals surface area contributed by atoms with E-state index in [0.29, 0.717) is 5.75 Å². The van der Waals surface area contributed by atoms with Gasteiger partial charge in [-0.05, 0) is 12.2 Å². The summed E-state index contributed by atoms with van der Waals surface area (Å²) in [6.45, 7) is 3.71. The molecule has 27 heavy (non-hydrogen) atoms. The third-order valence-corrected chi connectivity index (χ3v) is 6.01. The number of nitrogens with one attached hydrogen (secondary N) is 1. The fourth-order valence-electron chi connectivity index (χ4n) is 3.27. The quantitative estimate of drug-likeness (QED) is 0.239. The molecule has 0 aliphatic carbocycles. The van der Waals surface area contributed by atoms with Gasteiger partial charge in [0, 0.05) is 18.7 Å². The second kappa shape index (κ2) is 20.0. The number of aliphatic carboxylic acids is 1. The predicted molar refractivity (Wildman–Crippen MR) is 117 cm³/mol. The molecule has 0 rings (SSSR count). The van der Waals surface area contributed by atoms with Crippen molar-refractivity contribution in [2.24, 2.45) is 0 Å². The zero-order chi connectivity index (χ0) is 20.2. The van der Waals surface area contributed by atoms with Crippen LogP contribution >= 0.6 is 11.8 Å². The lowest BCUT2D eigenvalue weighted by atomic mass is 10.0. The fourth-order valence-corrected chi connectivity index (χ4v) is 4.33. The average Bonchev–Trinajstić information content (AvgIpc) is 2.60. The summed E-state index contributed by atoms with van der Waals surface area (Å²) in [7, 11) is 0. The molecule has 160 valence electrons. The predicted octanol–water partition coefficient (Wildman–Crippen LogP) is 6.18. The highest BCUT2D eigenvalue weighted by molar-refractivity contribution is 7.99. The van der Waals surface area contributed by atoms with Crippen molar-refractivity contribution in [3.8, 4) is 0 Å². The van der Waals surface area contributed by atoms with Crippen LogP contribution in [0.4, 0.5) is 0 Å². The average molecular weight is 402 g/mol. The first kappa shape index (κ1) is 26.3. The third-order valence-electron chi connectivity index (χ3n) is 4.79. The van der Waals surface area contributed by atoms with E-state index in [1.165, 1.54) is 96.8 Å². The molecular formula is C22H43NO3S. The molecule has 0 radical (unpaired) electrons. The van der Waals surface area contributed by atoms with Gasteiger partial charge >= 0.3 is 5.97 Å². The fraction of sp³-hybridized carbons (Fsp3) is 0.909. The molecule has 2 N–H and O–H groups in total. The van der Waals surface area contributed by atoms with Gasteiger partial charge < -0.3 is 10.4 Å². The smallest absolute Gasteiger partial charge is 0.305 e. The molecule has 0 fully saturated rings. The third kappa shape index (κ3) is 21.4. The number of carboxylic acids is 1. The maximum absolute atomic E-state index is 11.1. The summed E-state index contributed by atoms with van der Waals surface area (Å²) >= 11 is 1.75. The maximum Gasteiger partial charge on any atom is 0.305 e. The first-order valence-corrected chi connectivity index (χ1v) is 12.3. The first-order valence-electron chi connectivity index (χ1n) is 11.1. The largest absolute Gasteiger partial charge is 0.481 e. The summed E-state index contributed by atoms with van der Waals surface area (Å²) in [6.07, 6.45) is 19.1. The van der Waals surface area contributed by atoms with E-state index < -0.39 is 5.97 Å². The van der Waals surface area contributed by atoms with Gasteiger partial charge in [-0.15, -0.1) is 0 Å². The van der Waals surface area contributed by atoms with Crippen molar-refractivity contribution < 1.29 is 14.7 Å². The van der Waals surface area contributed by atoms with E-state index in [1.807, 2.05) is 0 Å². The van der Waals surface area contributed by atoms with E-state index in [9.17, 15) is 9.59 Å². The monoisotopic (exact) mass is 401 g/mol. The van der Waals surface area contributed by atoms with Gasteiger partial charge in [-0.3, -0.25) is 9.59 Å². The summed E-state index contributed by atoms with van der Waals surface area (Å²) in [5.41, 5.74) is 0. The number of unbranched alkanes of at least 4 members (excludes halogenated alkanes) is 13. The minimum Gasteiger partial charge on any atom is -0.481 e. The van der Waals surface area contributed by atoms with Crippen molar-refractivity contribution in [3.05, 3.63) is 0 Å². The van der Waals surface area contributed by atoms with Crippen LogP contribution in [0, 0.1) is 0 Å². The van der Waals surface area contributed by atoms with E-state index in [1.54, 1.807) is 11.8 Å². The highest BCUT2D eigenvalue weighted by Gasteiger charge is 2.13. The Morgan fingerprint density at radius 2 is 1.26 bits per heavy atom. The van der Waals surface area contributed by atoms with Crippen LogP contribution in [0.25, 0.3) is 0 Å². The van der Waals surface area contributed by atoms with Crippen LogP contribution in [-0.4, -0.2) is 34.5 Å². The number of amides is 1. The molecule has 0 aromatic carbocycles. The topological polar surface area (TPSA) is 66.4 Å². The van der Waals surface area contributed by atoms with Gasteiger partial charge in [-0.2, -0.15) is 11.8 Å². The van der Waals surface area contributed by atoms with Gasteiger partial charge in [0.1, 0.15) is 0 Å². The number of hydrogen-bond acceptors (Lipinski definition) is 3. The Morgan fingerprint density at radius 3 is 1.67 bits per heavy atom. The molecule has 5 heteroatoms. The highest BCUT2D eigenvalue weighted by Crippen LogP contribution is 2.14. The molecule has 0 heterocycles. The lowest BCUT2D eigenvalue weighted by molar-refractivity contribution is -0.137. The SMILES string of the molecule is CCCCCCCCCCCCCCCCSC[C@H](CC(=O)O)NC(C)=O. The van der Waals surface area contributed by atoms with Crippen molar-refractivity contribution in [2.45, 2.75) is 116 Å². The molecule has 1 atom stereocenters. The Balaban J connectivity index is 3.32. The maximum atomic E-state index is 11.1. The summed E-state index contributed by atoms with van der Waals surface area (Å²) < 4.78 is 0. The number of carboxylic acid groups (broad SMARTS) is 1. The molecule has 0 aliphatic heterocycles. The Morgan fingerprint density at radius 1 is 0.815 bits per heavy atom. The number of carbonyl (C=O) groups is 2. The minimum absolute atomic E-state index is 0.00528. The number of thioether (sulfide) groups is 1. The number of hydrogen-bond donors (Lipinski definition) is 2. The minimum atomic E-state index is -0.856. The standard InChI is InChI=1S/C22H43NO3S/c1-3-4-5-6-7-8-9-10-11-12-13-14-15-16-17-27-19-21(18-22(25)26)23-20(2)24/h21H,3-19H2,1-2H3,(H,23,24)(H,25,26)/t21-/m0/s1. The van der Waals surface area contributed by atoms with E-state index in [4.69, 9.17) is 5.11 Å². The molecule has 1 amide bonds. The van der Waals surface area contributed by atoms with Crippen LogP contribution in [0.2, 0.25) is 0 Å². The molecule has 0 aromatic heterocycles. The van der Waals surface area contributed by atoms with Crippen LogP contribution < -0.4 is 5.32 Å². The molecular weight excluding hydrogens is 358 g/mol. The summed E-state index contributed by atoms with van der Waals surface area (Å²) in [4.78, 5) is 21.9. The van der Waals surface area contributed by atoms with Crippen LogP contribution in [0.1, 0.15) is 110 Å². The molecule has 0 spiro atoms. The lowest BCUT2D eigenvalue weighted by Crippen LogP contribution is -2.36. The highest BCUT2D eigenvalue weighted by atomic mass is 32.2. The van der Waals surface area contributed by atoms with Crippen LogP contribution in [0.5, 0.6) is 0 Å². The van der Waals surface area contributed by atoms with Gasteiger partial charge in [-0.1, -0.05) is 90.4 Å². The van der Waals surface area contributed by atoms with Crippen molar-refractivity contribution in [3.63, 3.8) is 0 Å². The second-order valence-corrected chi connectivity index (χ2v) is 8.82. The van der Waals surface area contributed by atoms with Gasteiger partial charge in [0.15, 0.2) is 0 Å². The molecule has 0 aliphatic rings. The van der Waals surface area contributed by atoms with Crippen LogP contribution in [-0.2, 0) is 9.59 Å². The van der Waals surface area contributed by atoms with Gasteiger partial charge in [0.05, 0.1) is 6.42 Å². The molecule has 0 unspecified atom stereocenters. The Kier molecular flexibility index (Phi) is 19.5. The van der Waals surface area contributed by atoms with E-state index in [0.717, 1.165) is 5.75 Å². The van der Waals surface area contributed by atoms with Crippen LogP contribution in [0.3, 0.4) is 0 Å². The Labute approximate surface area is 171 Å². The van der Waals surface area contributed by atoms with Crippen molar-refractivity contribution in [1.29, 1.82) is 0 Å². The van der Waals surface area contributed by atoms with Crippen molar-refractivity contribution >= 4 is 23.6 Å². The van der Waals surface area contributed by atoms with Gasteiger partial charge in [-0.25, -0.2) is 0 Å². The van der Waals surface area contributed by atoms with Crippen molar-refractivity contribution in [1.82, 2.24) is 5.32 Å². The normalized spacial score (nSPS) is 12.1. The van der Waals surface area contributed by atoms with Crippen molar-refractivity contribution in [2.75, 3.05) is 11.5 Å². The Bertz CT molecular complexity index is 347. The summed E-state index contributed by atoms with van der Waals surface area (Å²) in [6, 6.07) is -0.253. The van der Waals surface area contributed by atoms with E-state index in [2.05, 4.69) is 12.2 Å². The zero-order valence-electron chi connectivity index (χ0n) is 17.8. The Hall–Kier alpha value is -0.710. The molecule has 0 saturated heterocycles. The molecule has 4 nitrogen and oxygen atoms in total. The van der Waals surface area contributed by atoms with E-state index in [-0.39, 0.29) is 18.4 Å². The molecule has 0 saturated carbocycles. The lowest BCUT2D eigenvalue weighted by Gasteiger charge is -2.15. The zero-order valence-corrected chi connectivity index (χ0v) is 18.6.